The van der Waals surface area contributed by atoms with E-state index in [2.05, 4.69) is 0 Å². The quantitative estimate of drug-likeness (QED) is 0.199. The van der Waals surface area contributed by atoms with E-state index in [1.807, 2.05) is 0 Å². The summed E-state index contributed by atoms with van der Waals surface area (Å²) in [5, 5.41) is -12.9. The van der Waals surface area contributed by atoms with Crippen LogP contribution in [0, 0.1) is 10.7 Å². The molecule has 0 heterocycles. The fourth-order valence-electron chi connectivity index (χ4n) is 1.41. The number of alkyl halides is 6. The summed E-state index contributed by atoms with van der Waals surface area (Å²) in [6.07, 6.45) is 0. The molecule has 1 rings (SSSR count). The predicted octanol–water partition coefficient (Wildman–Crippen LogP) is 3.60. The lowest BCUT2D eigenvalue weighted by Crippen LogP contribution is -2.62. The third-order valence-electron chi connectivity index (χ3n) is 2.75. The van der Waals surface area contributed by atoms with Gasteiger partial charge in [-0.05, 0) is 79.9 Å². The van der Waals surface area contributed by atoms with Gasteiger partial charge in [0.2, 0.25) is 11.1 Å². The van der Waals surface area contributed by atoms with Crippen molar-refractivity contribution in [2.75, 3.05) is 0 Å². The Bertz CT molecular complexity index is 911. The van der Waals surface area contributed by atoms with Gasteiger partial charge in [0.05, 0.1) is 5.56 Å². The minimum Gasteiger partial charge on any atom is -0.301 e. The molecular formula is C10H4F6I3NO5S2. The van der Waals surface area contributed by atoms with Crippen LogP contribution in [0.4, 0.5) is 26.3 Å². The molecule has 0 aliphatic heterocycles. The summed E-state index contributed by atoms with van der Waals surface area (Å²) >= 11 is 0.143. The van der Waals surface area contributed by atoms with Crippen molar-refractivity contribution in [3.63, 3.8) is 0 Å². The van der Waals surface area contributed by atoms with Crippen molar-refractivity contribution in [1.29, 1.82) is 0 Å². The number of hydrogen-bond donors (Lipinski definition) is 2. The topological polar surface area (TPSA) is 101 Å². The summed E-state index contributed by atoms with van der Waals surface area (Å²) in [6, 6.07) is 2.57. The largest absolute Gasteiger partial charge is 0.433 e. The predicted molar refractivity (Wildman–Crippen MR) is 107 cm³/mol. The number of amides is 1. The molecule has 154 valence electrons. The number of rotatable bonds is 6. The van der Waals surface area contributed by atoms with Crippen LogP contribution >= 0.6 is 67.8 Å². The molecule has 0 fully saturated rings. The minimum atomic E-state index is -6.81. The summed E-state index contributed by atoms with van der Waals surface area (Å²) in [5.74, 6) is -8.59. The second-order valence-corrected chi connectivity index (χ2v) is 10.8. The van der Waals surface area contributed by atoms with E-state index >= 15 is 0 Å². The zero-order chi connectivity index (χ0) is 21.6. The minimum absolute atomic E-state index is 0.0817. The number of sulfonamides is 1. The van der Waals surface area contributed by atoms with Gasteiger partial charge in [-0.3, -0.25) is 4.79 Å². The summed E-state index contributed by atoms with van der Waals surface area (Å²) in [4.78, 5) is 12.0. The highest BCUT2D eigenvalue weighted by atomic mass is 127. The fraction of sp³-hybridized carbons (Fsp3) is 0.300. The SMILES string of the molecule is O=C(NS(=O)(=O)C(F)(F)C(F)(F)C(F)(F)S(=O)O)c1cc(I)cc(I)c1I. The van der Waals surface area contributed by atoms with Gasteiger partial charge in [0.25, 0.3) is 5.91 Å². The third kappa shape index (κ3) is 4.66. The third-order valence-corrected chi connectivity index (χ3v) is 8.50. The van der Waals surface area contributed by atoms with Gasteiger partial charge in [0.15, 0.2) is 0 Å². The summed E-state index contributed by atoms with van der Waals surface area (Å²) in [6.45, 7) is 0. The van der Waals surface area contributed by atoms with Crippen molar-refractivity contribution < 1.29 is 48.3 Å². The molecule has 0 saturated heterocycles. The van der Waals surface area contributed by atoms with E-state index in [0.29, 0.717) is 11.9 Å². The van der Waals surface area contributed by atoms with Gasteiger partial charge >= 0.3 is 26.5 Å². The Labute approximate surface area is 191 Å². The molecule has 0 bridgehead atoms. The maximum absolute atomic E-state index is 13.7. The van der Waals surface area contributed by atoms with Gasteiger partial charge in [0, 0.05) is 10.7 Å². The monoisotopic (exact) mass is 777 g/mol. The molecule has 1 aromatic carbocycles. The molecule has 6 nitrogen and oxygen atoms in total. The van der Waals surface area contributed by atoms with Crippen molar-refractivity contribution in [2.24, 2.45) is 0 Å². The molecule has 0 aliphatic rings. The second-order valence-electron chi connectivity index (χ2n) is 4.54. The van der Waals surface area contributed by atoms with Gasteiger partial charge in [0.1, 0.15) is 0 Å². The number of carbonyl (C=O) groups excluding carboxylic acids is 1. The Morgan fingerprint density at radius 1 is 1.07 bits per heavy atom. The smallest absolute Gasteiger partial charge is 0.301 e. The molecule has 2 N–H and O–H groups in total. The number of carbonyl (C=O) groups is 1. The van der Waals surface area contributed by atoms with Crippen LogP contribution in [0.15, 0.2) is 12.1 Å². The molecule has 0 radical (unpaired) electrons. The zero-order valence-corrected chi connectivity index (χ0v) is 20.1. The van der Waals surface area contributed by atoms with Gasteiger partial charge in [-0.1, -0.05) is 0 Å². The molecule has 27 heavy (non-hydrogen) atoms. The highest BCUT2D eigenvalue weighted by molar-refractivity contribution is 14.1. The van der Waals surface area contributed by atoms with Crippen molar-refractivity contribution in [3.05, 3.63) is 28.4 Å². The van der Waals surface area contributed by atoms with Crippen LogP contribution in [0.25, 0.3) is 0 Å². The first-order valence-electron chi connectivity index (χ1n) is 5.85. The number of benzene rings is 1. The molecule has 0 spiro atoms. The highest BCUT2D eigenvalue weighted by Gasteiger charge is 2.80. The van der Waals surface area contributed by atoms with Crippen LogP contribution in [-0.4, -0.2) is 39.5 Å². The van der Waals surface area contributed by atoms with E-state index in [1.54, 1.807) is 67.8 Å². The summed E-state index contributed by atoms with van der Waals surface area (Å²) in [5.41, 5.74) is -0.493. The van der Waals surface area contributed by atoms with E-state index in [-0.39, 0.29) is 3.57 Å². The van der Waals surface area contributed by atoms with Crippen molar-refractivity contribution in [2.45, 2.75) is 16.4 Å². The number of hydrogen-bond acceptors (Lipinski definition) is 4. The van der Waals surface area contributed by atoms with E-state index < -0.39 is 49.0 Å². The molecule has 1 unspecified atom stereocenters. The average molecular weight is 777 g/mol. The molecule has 17 heteroatoms. The highest BCUT2D eigenvalue weighted by Crippen LogP contribution is 2.49. The zero-order valence-electron chi connectivity index (χ0n) is 12.0. The van der Waals surface area contributed by atoms with Crippen LogP contribution in [-0.2, 0) is 21.1 Å². The maximum atomic E-state index is 13.7. The molecular weight excluding hydrogens is 773 g/mol. The lowest BCUT2D eigenvalue weighted by Gasteiger charge is -2.29. The Morgan fingerprint density at radius 2 is 1.56 bits per heavy atom. The molecule has 0 aromatic heterocycles. The molecule has 1 aromatic rings. The lowest BCUT2D eigenvalue weighted by atomic mass is 10.2. The molecule has 1 amide bonds. The van der Waals surface area contributed by atoms with Gasteiger partial charge in [-0.25, -0.2) is 8.93 Å². The normalized spacial score (nSPS) is 14.7. The second kappa shape index (κ2) is 8.34. The van der Waals surface area contributed by atoms with Crippen LogP contribution in [0.2, 0.25) is 0 Å². The first kappa shape index (κ1) is 25.6. The Hall–Kier alpha value is 0.520. The Morgan fingerprint density at radius 3 is 2.00 bits per heavy atom. The van der Waals surface area contributed by atoms with Crippen LogP contribution in [0.3, 0.4) is 0 Å². The van der Waals surface area contributed by atoms with E-state index in [0.717, 1.165) is 6.07 Å². The molecule has 0 aliphatic carbocycles. The Balaban J connectivity index is 3.39. The Kier molecular flexibility index (Phi) is 7.89. The standard InChI is InChI=1S/C10H4F6I3NO5S2/c11-8(12,9(13,14)26(22)23)10(15,16)27(24,25)20-7(21)4-1-3(17)2-5(18)6(4)19/h1-2H,(H,20,21)(H,22,23). The first-order chi connectivity index (χ1) is 11.9. The average Bonchev–Trinajstić information content (AvgIpc) is 2.49. The van der Waals surface area contributed by atoms with Crippen LogP contribution < -0.4 is 4.72 Å². The number of nitrogens with one attached hydrogen (secondary N) is 1. The van der Waals surface area contributed by atoms with Crippen LogP contribution in [0.1, 0.15) is 10.4 Å². The van der Waals surface area contributed by atoms with Crippen molar-refractivity contribution >= 4 is 94.8 Å². The van der Waals surface area contributed by atoms with Gasteiger partial charge in [-0.15, -0.1) is 0 Å². The lowest BCUT2D eigenvalue weighted by molar-refractivity contribution is -0.244. The fourth-order valence-corrected chi connectivity index (χ4v) is 5.17. The summed E-state index contributed by atoms with van der Waals surface area (Å²) < 4.78 is 123. The van der Waals surface area contributed by atoms with E-state index in [9.17, 15) is 43.8 Å². The van der Waals surface area contributed by atoms with Crippen molar-refractivity contribution in [1.82, 2.24) is 4.72 Å². The van der Waals surface area contributed by atoms with Crippen LogP contribution in [0.5, 0.6) is 0 Å². The maximum Gasteiger partial charge on any atom is 0.433 e. The van der Waals surface area contributed by atoms with E-state index in [1.165, 1.54) is 6.07 Å². The summed E-state index contributed by atoms with van der Waals surface area (Å²) in [7, 11) is -6.74. The van der Waals surface area contributed by atoms with Crippen molar-refractivity contribution in [3.8, 4) is 0 Å². The molecule has 1 atom stereocenters. The van der Waals surface area contributed by atoms with Gasteiger partial charge < -0.3 is 4.55 Å². The van der Waals surface area contributed by atoms with Gasteiger partial charge in [-0.2, -0.15) is 34.8 Å². The van der Waals surface area contributed by atoms with E-state index in [4.69, 9.17) is 4.55 Å². The molecule has 0 saturated carbocycles. The first-order valence-corrected chi connectivity index (χ1v) is 11.7. The number of halogens is 9.